The molecular formula is C15H15N3S. The van der Waals surface area contributed by atoms with Crippen molar-refractivity contribution in [2.24, 2.45) is 5.73 Å². The van der Waals surface area contributed by atoms with Crippen LogP contribution in [0.15, 0.2) is 36.5 Å². The highest BCUT2D eigenvalue weighted by molar-refractivity contribution is 7.15. The molecule has 0 aliphatic carbocycles. The Morgan fingerprint density at radius 3 is 2.74 bits per heavy atom. The van der Waals surface area contributed by atoms with Crippen molar-refractivity contribution in [2.75, 3.05) is 0 Å². The minimum absolute atomic E-state index is 0.0150. The fraction of sp³-hybridized carbons (Fsp3) is 0.200. The zero-order chi connectivity index (χ0) is 13.4. The number of thiazole rings is 1. The highest BCUT2D eigenvalue weighted by Gasteiger charge is 2.14. The molecule has 0 aliphatic heterocycles. The number of aromatic nitrogens is 2. The Morgan fingerprint density at radius 2 is 2.00 bits per heavy atom. The van der Waals surface area contributed by atoms with Gasteiger partial charge < -0.3 is 5.73 Å². The number of nitrogens with two attached hydrogens (primary N) is 1. The van der Waals surface area contributed by atoms with Crippen molar-refractivity contribution < 1.29 is 0 Å². The number of pyridine rings is 1. The third kappa shape index (κ3) is 2.13. The molecule has 0 fully saturated rings. The molecule has 0 amide bonds. The monoisotopic (exact) mass is 269 g/mol. The maximum atomic E-state index is 5.97. The molecule has 3 aromatic rings. The summed E-state index contributed by atoms with van der Waals surface area (Å²) in [6.45, 7) is 3.99. The molecule has 2 aromatic heterocycles. The highest BCUT2D eigenvalue weighted by Crippen LogP contribution is 2.33. The second-order valence-electron chi connectivity index (χ2n) is 4.64. The average molecular weight is 269 g/mol. The van der Waals surface area contributed by atoms with Crippen molar-refractivity contribution >= 4 is 22.1 Å². The van der Waals surface area contributed by atoms with Gasteiger partial charge in [0.1, 0.15) is 10.7 Å². The Hall–Kier alpha value is -1.78. The second-order valence-corrected chi connectivity index (χ2v) is 5.67. The Kier molecular flexibility index (Phi) is 3.05. The van der Waals surface area contributed by atoms with Crippen LogP contribution in [0.4, 0.5) is 0 Å². The van der Waals surface area contributed by atoms with Gasteiger partial charge in [0.15, 0.2) is 0 Å². The van der Waals surface area contributed by atoms with Crippen LogP contribution < -0.4 is 5.73 Å². The van der Waals surface area contributed by atoms with Crippen LogP contribution in [0.5, 0.6) is 0 Å². The molecule has 4 heteroatoms. The van der Waals surface area contributed by atoms with E-state index in [-0.39, 0.29) is 6.04 Å². The molecule has 0 aliphatic rings. The van der Waals surface area contributed by atoms with Gasteiger partial charge >= 0.3 is 0 Å². The lowest BCUT2D eigenvalue weighted by molar-refractivity contribution is 0.825. The molecule has 3 rings (SSSR count). The number of hydrogen-bond donors (Lipinski definition) is 1. The van der Waals surface area contributed by atoms with Crippen LogP contribution in [0, 0.1) is 6.92 Å². The van der Waals surface area contributed by atoms with Crippen LogP contribution in [0.1, 0.15) is 23.5 Å². The van der Waals surface area contributed by atoms with Gasteiger partial charge in [-0.15, -0.1) is 11.3 Å². The van der Waals surface area contributed by atoms with Crippen LogP contribution in [0.3, 0.4) is 0 Å². The van der Waals surface area contributed by atoms with Crippen LogP contribution >= 0.6 is 11.3 Å². The number of nitrogens with zero attached hydrogens (tertiary/aromatic N) is 2. The Morgan fingerprint density at radius 1 is 1.21 bits per heavy atom. The number of benzene rings is 1. The summed E-state index contributed by atoms with van der Waals surface area (Å²) < 4.78 is 0. The highest BCUT2D eigenvalue weighted by atomic mass is 32.1. The van der Waals surface area contributed by atoms with E-state index in [1.54, 1.807) is 11.3 Å². The summed E-state index contributed by atoms with van der Waals surface area (Å²) in [6, 6.07) is 10.3. The molecule has 19 heavy (non-hydrogen) atoms. The number of rotatable bonds is 2. The third-order valence-electron chi connectivity index (χ3n) is 3.12. The molecule has 1 aromatic carbocycles. The summed E-state index contributed by atoms with van der Waals surface area (Å²) in [5.41, 5.74) is 7.92. The van der Waals surface area contributed by atoms with E-state index in [1.165, 1.54) is 5.39 Å². The van der Waals surface area contributed by atoms with Crippen molar-refractivity contribution in [3.05, 3.63) is 47.1 Å². The predicted molar refractivity (Wildman–Crippen MR) is 80.2 cm³/mol. The van der Waals surface area contributed by atoms with Gasteiger partial charge in [-0.05, 0) is 25.3 Å². The molecule has 1 unspecified atom stereocenters. The molecule has 2 N–H and O–H groups in total. The summed E-state index contributed by atoms with van der Waals surface area (Å²) in [4.78, 5) is 10.3. The summed E-state index contributed by atoms with van der Waals surface area (Å²) >= 11 is 1.64. The first-order chi connectivity index (χ1) is 9.16. The predicted octanol–water partition coefficient (Wildman–Crippen LogP) is 3.69. The van der Waals surface area contributed by atoms with Crippen LogP contribution in [0.25, 0.3) is 21.5 Å². The van der Waals surface area contributed by atoms with Gasteiger partial charge in [0.2, 0.25) is 0 Å². The molecule has 0 saturated carbocycles. The van der Waals surface area contributed by atoms with Crippen LogP contribution in [0.2, 0.25) is 0 Å². The lowest BCUT2D eigenvalue weighted by Gasteiger charge is -2.02. The number of hydrogen-bond acceptors (Lipinski definition) is 4. The van der Waals surface area contributed by atoms with Crippen molar-refractivity contribution in [3.8, 4) is 10.7 Å². The molecule has 1 atom stereocenters. The summed E-state index contributed by atoms with van der Waals surface area (Å²) in [6.07, 6.45) is 1.83. The average Bonchev–Trinajstić information content (AvgIpc) is 2.80. The van der Waals surface area contributed by atoms with E-state index in [0.717, 1.165) is 26.7 Å². The molecule has 2 heterocycles. The first-order valence-electron chi connectivity index (χ1n) is 6.24. The van der Waals surface area contributed by atoms with E-state index in [9.17, 15) is 0 Å². The van der Waals surface area contributed by atoms with Gasteiger partial charge in [0, 0.05) is 22.5 Å². The lowest BCUT2D eigenvalue weighted by atomic mass is 10.1. The van der Waals surface area contributed by atoms with Gasteiger partial charge in [0.25, 0.3) is 0 Å². The van der Waals surface area contributed by atoms with Gasteiger partial charge in [-0.3, -0.25) is 4.98 Å². The van der Waals surface area contributed by atoms with Crippen molar-refractivity contribution in [1.29, 1.82) is 0 Å². The van der Waals surface area contributed by atoms with Crippen molar-refractivity contribution in [1.82, 2.24) is 9.97 Å². The zero-order valence-electron chi connectivity index (χ0n) is 10.9. The van der Waals surface area contributed by atoms with E-state index in [2.05, 4.69) is 22.1 Å². The molecule has 96 valence electrons. The van der Waals surface area contributed by atoms with Crippen molar-refractivity contribution in [2.45, 2.75) is 19.9 Å². The molecule has 0 bridgehead atoms. The van der Waals surface area contributed by atoms with Gasteiger partial charge in [-0.25, -0.2) is 4.98 Å². The maximum Gasteiger partial charge on any atom is 0.143 e. The molecule has 0 radical (unpaired) electrons. The van der Waals surface area contributed by atoms with Gasteiger partial charge in [-0.2, -0.15) is 0 Å². The first-order valence-corrected chi connectivity index (χ1v) is 7.05. The SMILES string of the molecule is Cc1nc(-c2nccc3ccccc23)sc1C(C)N. The molecule has 3 nitrogen and oxygen atoms in total. The second kappa shape index (κ2) is 4.72. The third-order valence-corrected chi connectivity index (χ3v) is 4.49. The van der Waals surface area contributed by atoms with Crippen LogP contribution in [-0.2, 0) is 0 Å². The summed E-state index contributed by atoms with van der Waals surface area (Å²) in [5, 5.41) is 3.26. The van der Waals surface area contributed by atoms with Gasteiger partial charge in [-0.1, -0.05) is 24.3 Å². The van der Waals surface area contributed by atoms with Crippen molar-refractivity contribution in [3.63, 3.8) is 0 Å². The van der Waals surface area contributed by atoms with E-state index in [1.807, 2.05) is 38.2 Å². The smallest absolute Gasteiger partial charge is 0.143 e. The summed E-state index contributed by atoms with van der Waals surface area (Å²) in [7, 11) is 0. The molecule has 0 saturated heterocycles. The van der Waals surface area contributed by atoms with E-state index < -0.39 is 0 Å². The van der Waals surface area contributed by atoms with E-state index >= 15 is 0 Å². The first kappa shape index (κ1) is 12.3. The minimum Gasteiger partial charge on any atom is -0.323 e. The normalized spacial score (nSPS) is 12.8. The van der Waals surface area contributed by atoms with Gasteiger partial charge in [0.05, 0.1) is 5.69 Å². The fourth-order valence-electron chi connectivity index (χ4n) is 2.22. The number of fused-ring (bicyclic) bond motifs is 1. The molecular weight excluding hydrogens is 254 g/mol. The fourth-order valence-corrected chi connectivity index (χ4v) is 3.25. The quantitative estimate of drug-likeness (QED) is 0.772. The Labute approximate surface area is 116 Å². The number of aryl methyl sites for hydroxylation is 1. The Balaban J connectivity index is 2.22. The standard InChI is InChI=1S/C15H15N3S/c1-9(16)14-10(2)18-15(19-14)13-12-6-4-3-5-11(12)7-8-17-13/h3-9H,16H2,1-2H3. The largest absolute Gasteiger partial charge is 0.323 e. The van der Waals surface area contributed by atoms with E-state index in [0.29, 0.717) is 0 Å². The zero-order valence-corrected chi connectivity index (χ0v) is 11.7. The lowest BCUT2D eigenvalue weighted by Crippen LogP contribution is -2.03. The maximum absolute atomic E-state index is 5.97. The minimum atomic E-state index is 0.0150. The van der Waals surface area contributed by atoms with Crippen LogP contribution in [-0.4, -0.2) is 9.97 Å². The van der Waals surface area contributed by atoms with E-state index in [4.69, 9.17) is 5.73 Å². The molecule has 0 spiro atoms. The Bertz CT molecular complexity index is 726. The summed E-state index contributed by atoms with van der Waals surface area (Å²) in [5.74, 6) is 0. The topological polar surface area (TPSA) is 51.8 Å².